The van der Waals surface area contributed by atoms with E-state index < -0.39 is 0 Å². The smallest absolute Gasteiger partial charge is 0.274 e. The largest absolute Gasteiger partial charge is 0.381 e. The van der Waals surface area contributed by atoms with Gasteiger partial charge in [-0.15, -0.1) is 0 Å². The van der Waals surface area contributed by atoms with Crippen molar-refractivity contribution < 1.29 is 9.53 Å². The first kappa shape index (κ1) is 16.9. The van der Waals surface area contributed by atoms with Gasteiger partial charge >= 0.3 is 0 Å². The van der Waals surface area contributed by atoms with Gasteiger partial charge in [0, 0.05) is 23.3 Å². The highest BCUT2D eigenvalue weighted by atomic mass is 79.9. The van der Waals surface area contributed by atoms with Crippen LogP contribution in [0.15, 0.2) is 41.0 Å². The highest BCUT2D eigenvalue weighted by Crippen LogP contribution is 2.21. The SMILES string of the molecule is Cc1ccc(NC(=O)c2ccc(NCC3CCCO3)cn2)cc1Br. The summed E-state index contributed by atoms with van der Waals surface area (Å²) in [5.74, 6) is -0.226. The van der Waals surface area contributed by atoms with E-state index in [1.165, 1.54) is 0 Å². The Kier molecular flexibility index (Phi) is 5.48. The van der Waals surface area contributed by atoms with E-state index in [-0.39, 0.29) is 12.0 Å². The molecular formula is C18H20BrN3O2. The molecule has 1 aromatic carbocycles. The number of aryl methyl sites for hydroxylation is 1. The van der Waals surface area contributed by atoms with Crippen LogP contribution in [0.5, 0.6) is 0 Å². The lowest BCUT2D eigenvalue weighted by molar-refractivity contribution is 0.102. The molecule has 1 amide bonds. The number of pyridine rings is 1. The summed E-state index contributed by atoms with van der Waals surface area (Å²) in [5.41, 5.74) is 3.13. The van der Waals surface area contributed by atoms with E-state index >= 15 is 0 Å². The van der Waals surface area contributed by atoms with E-state index in [0.29, 0.717) is 5.69 Å². The fourth-order valence-electron chi connectivity index (χ4n) is 2.54. The van der Waals surface area contributed by atoms with Gasteiger partial charge in [0.25, 0.3) is 5.91 Å². The fraction of sp³-hybridized carbons (Fsp3) is 0.333. The van der Waals surface area contributed by atoms with E-state index in [1.807, 2.05) is 31.2 Å². The number of anilines is 2. The number of hydrogen-bond acceptors (Lipinski definition) is 4. The molecule has 2 aromatic rings. The summed E-state index contributed by atoms with van der Waals surface area (Å²) in [6.07, 6.45) is 4.16. The van der Waals surface area contributed by atoms with E-state index in [0.717, 1.165) is 47.4 Å². The Morgan fingerprint density at radius 2 is 2.17 bits per heavy atom. The number of aromatic nitrogens is 1. The zero-order chi connectivity index (χ0) is 16.9. The highest BCUT2D eigenvalue weighted by molar-refractivity contribution is 9.10. The molecule has 3 rings (SSSR count). The van der Waals surface area contributed by atoms with Crippen molar-refractivity contribution in [3.8, 4) is 0 Å². The maximum atomic E-state index is 12.3. The Bertz CT molecular complexity index is 713. The minimum atomic E-state index is -0.226. The monoisotopic (exact) mass is 389 g/mol. The number of hydrogen-bond donors (Lipinski definition) is 2. The Labute approximate surface area is 149 Å². The molecule has 0 aliphatic carbocycles. The summed E-state index contributed by atoms with van der Waals surface area (Å²) in [6, 6.07) is 9.28. The second kappa shape index (κ2) is 7.77. The van der Waals surface area contributed by atoms with Gasteiger partial charge in [0.05, 0.1) is 18.0 Å². The molecule has 0 bridgehead atoms. The molecule has 1 atom stereocenters. The third-order valence-corrected chi connectivity index (χ3v) is 4.84. The molecule has 1 saturated heterocycles. The van der Waals surface area contributed by atoms with E-state index in [1.54, 1.807) is 12.3 Å². The summed E-state index contributed by atoms with van der Waals surface area (Å²) >= 11 is 3.46. The summed E-state index contributed by atoms with van der Waals surface area (Å²) in [7, 11) is 0. The first-order valence-corrected chi connectivity index (χ1v) is 8.80. The number of amides is 1. The quantitative estimate of drug-likeness (QED) is 0.810. The standard InChI is InChI=1S/C18H20BrN3O2/c1-12-4-5-13(9-16(12)19)22-18(23)17-7-6-14(10-21-17)20-11-15-3-2-8-24-15/h4-7,9-10,15,20H,2-3,8,11H2,1H3,(H,22,23). The first-order valence-electron chi connectivity index (χ1n) is 8.01. The Morgan fingerprint density at radius 3 is 2.83 bits per heavy atom. The van der Waals surface area contributed by atoms with Crippen LogP contribution in [-0.4, -0.2) is 30.1 Å². The zero-order valence-corrected chi connectivity index (χ0v) is 15.1. The van der Waals surface area contributed by atoms with Gasteiger partial charge in [-0.2, -0.15) is 0 Å². The van der Waals surface area contributed by atoms with Crippen LogP contribution >= 0.6 is 15.9 Å². The van der Waals surface area contributed by atoms with Gasteiger partial charge in [-0.25, -0.2) is 4.98 Å². The van der Waals surface area contributed by atoms with Crippen LogP contribution in [0.4, 0.5) is 11.4 Å². The van der Waals surface area contributed by atoms with E-state index in [4.69, 9.17) is 4.74 Å². The molecular weight excluding hydrogens is 370 g/mol. The van der Waals surface area contributed by atoms with Gasteiger partial charge in [-0.05, 0) is 49.6 Å². The number of carbonyl (C=O) groups is 1. The molecule has 2 heterocycles. The summed E-state index contributed by atoms with van der Waals surface area (Å²) < 4.78 is 6.53. The van der Waals surface area contributed by atoms with Gasteiger partial charge in [0.1, 0.15) is 5.69 Å². The molecule has 1 unspecified atom stereocenters. The van der Waals surface area contributed by atoms with Crippen LogP contribution in [-0.2, 0) is 4.74 Å². The number of carbonyl (C=O) groups excluding carboxylic acids is 1. The molecule has 0 saturated carbocycles. The average Bonchev–Trinajstić information content (AvgIpc) is 3.10. The normalized spacial score (nSPS) is 16.8. The molecule has 1 aliphatic rings. The molecule has 6 heteroatoms. The number of nitrogens with one attached hydrogen (secondary N) is 2. The minimum absolute atomic E-state index is 0.226. The first-order chi connectivity index (χ1) is 11.6. The summed E-state index contributed by atoms with van der Waals surface area (Å²) in [5, 5.41) is 6.14. The van der Waals surface area contributed by atoms with Crippen molar-refractivity contribution >= 4 is 33.2 Å². The Morgan fingerprint density at radius 1 is 1.33 bits per heavy atom. The van der Waals surface area contributed by atoms with Crippen LogP contribution in [0, 0.1) is 6.92 Å². The molecule has 2 N–H and O–H groups in total. The number of ether oxygens (including phenoxy) is 1. The number of rotatable bonds is 5. The van der Waals surface area contributed by atoms with Gasteiger partial charge in [0.15, 0.2) is 0 Å². The molecule has 126 valence electrons. The second-order valence-corrected chi connectivity index (χ2v) is 6.72. The van der Waals surface area contributed by atoms with Gasteiger partial charge in [0.2, 0.25) is 0 Å². The summed E-state index contributed by atoms with van der Waals surface area (Å²) in [6.45, 7) is 3.61. The maximum Gasteiger partial charge on any atom is 0.274 e. The summed E-state index contributed by atoms with van der Waals surface area (Å²) in [4.78, 5) is 16.5. The van der Waals surface area contributed by atoms with Crippen molar-refractivity contribution in [2.45, 2.75) is 25.9 Å². The predicted molar refractivity (Wildman–Crippen MR) is 98.5 cm³/mol. The number of halogens is 1. The Balaban J connectivity index is 1.57. The molecule has 1 aliphatic heterocycles. The lowest BCUT2D eigenvalue weighted by Gasteiger charge is -2.12. The Hall–Kier alpha value is -1.92. The fourth-order valence-corrected chi connectivity index (χ4v) is 2.91. The zero-order valence-electron chi connectivity index (χ0n) is 13.5. The molecule has 0 radical (unpaired) electrons. The van der Waals surface area contributed by atoms with Gasteiger partial charge in [-0.3, -0.25) is 4.79 Å². The van der Waals surface area contributed by atoms with Gasteiger partial charge < -0.3 is 15.4 Å². The van der Waals surface area contributed by atoms with Crippen LogP contribution in [0.3, 0.4) is 0 Å². The highest BCUT2D eigenvalue weighted by Gasteiger charge is 2.15. The number of nitrogens with zero attached hydrogens (tertiary/aromatic N) is 1. The van der Waals surface area contributed by atoms with Crippen molar-refractivity contribution in [3.63, 3.8) is 0 Å². The average molecular weight is 390 g/mol. The molecule has 1 fully saturated rings. The van der Waals surface area contributed by atoms with Crippen molar-refractivity contribution in [1.29, 1.82) is 0 Å². The lowest BCUT2D eigenvalue weighted by Crippen LogP contribution is -2.19. The van der Waals surface area contributed by atoms with Crippen molar-refractivity contribution in [2.75, 3.05) is 23.8 Å². The molecule has 1 aromatic heterocycles. The minimum Gasteiger partial charge on any atom is -0.381 e. The number of benzene rings is 1. The third-order valence-electron chi connectivity index (χ3n) is 3.98. The van der Waals surface area contributed by atoms with Crippen LogP contribution in [0.1, 0.15) is 28.9 Å². The van der Waals surface area contributed by atoms with Crippen molar-refractivity contribution in [2.24, 2.45) is 0 Å². The van der Waals surface area contributed by atoms with E-state index in [2.05, 4.69) is 31.5 Å². The van der Waals surface area contributed by atoms with Crippen LogP contribution in [0.2, 0.25) is 0 Å². The predicted octanol–water partition coefficient (Wildman–Crippen LogP) is 4.00. The molecule has 5 nitrogen and oxygen atoms in total. The van der Waals surface area contributed by atoms with Crippen LogP contribution in [0.25, 0.3) is 0 Å². The third kappa shape index (κ3) is 4.33. The van der Waals surface area contributed by atoms with Crippen molar-refractivity contribution in [1.82, 2.24) is 4.98 Å². The second-order valence-electron chi connectivity index (χ2n) is 5.87. The van der Waals surface area contributed by atoms with Crippen LogP contribution < -0.4 is 10.6 Å². The molecule has 24 heavy (non-hydrogen) atoms. The van der Waals surface area contributed by atoms with E-state index in [9.17, 15) is 4.79 Å². The lowest BCUT2D eigenvalue weighted by atomic mass is 10.2. The maximum absolute atomic E-state index is 12.3. The topological polar surface area (TPSA) is 63.2 Å². The van der Waals surface area contributed by atoms with Crippen molar-refractivity contribution in [3.05, 3.63) is 52.3 Å². The molecule has 0 spiro atoms. The van der Waals surface area contributed by atoms with Gasteiger partial charge in [-0.1, -0.05) is 22.0 Å².